The van der Waals surface area contributed by atoms with E-state index in [9.17, 15) is 27.9 Å². The third-order valence-electron chi connectivity index (χ3n) is 8.03. The maximum atomic E-state index is 14.0. The normalized spacial score (nSPS) is 18.0. The molecule has 0 fully saturated rings. The molecule has 226 valence electrons. The number of pyridine rings is 1. The Hall–Kier alpha value is -4.83. The third-order valence-corrected chi connectivity index (χ3v) is 8.03. The van der Waals surface area contributed by atoms with Crippen LogP contribution in [0.4, 0.5) is 13.2 Å². The number of halogens is 3. The molecule has 2 atom stereocenters. The van der Waals surface area contributed by atoms with Gasteiger partial charge in [0.1, 0.15) is 23.2 Å². The zero-order valence-electron chi connectivity index (χ0n) is 24.2. The van der Waals surface area contributed by atoms with Crippen molar-refractivity contribution in [1.82, 2.24) is 4.57 Å². The summed E-state index contributed by atoms with van der Waals surface area (Å²) in [5, 5.41) is 14.3. The smallest absolute Gasteiger partial charge is 0.416 e. The van der Waals surface area contributed by atoms with Crippen LogP contribution in [-0.2, 0) is 22.8 Å². The van der Waals surface area contributed by atoms with Crippen LogP contribution >= 0.6 is 0 Å². The highest BCUT2D eigenvalue weighted by Crippen LogP contribution is 2.47. The van der Waals surface area contributed by atoms with Gasteiger partial charge in [0.2, 0.25) is 5.43 Å². The standard InChI is InChI=1S/C34H28F3NO6/c1-33(2)32(43-26(39)13-12-18-8-7-11-21(14-18)34(35,36)37)31(41)28-25(44-33)17-24(42-4)27-29(28)38(3)23-16-20-10-6-5-9-19(20)15-22(23)30(27)40/h5-17,31-32,41H,1-4H3/b13-12+/t31-,32-/m1/s1. The number of aryl methyl sites for hydroxylation is 1. The largest absolute Gasteiger partial charge is 0.496 e. The molecule has 0 unspecified atom stereocenters. The highest BCUT2D eigenvalue weighted by Gasteiger charge is 2.47. The molecule has 6 rings (SSSR count). The van der Waals surface area contributed by atoms with Crippen molar-refractivity contribution >= 4 is 44.6 Å². The van der Waals surface area contributed by atoms with E-state index in [1.165, 1.54) is 25.3 Å². The van der Waals surface area contributed by atoms with Crippen LogP contribution in [0.15, 0.2) is 77.6 Å². The van der Waals surface area contributed by atoms with Gasteiger partial charge in [-0.3, -0.25) is 4.79 Å². The lowest BCUT2D eigenvalue weighted by molar-refractivity contribution is -0.171. The molecule has 1 aliphatic rings. The Morgan fingerprint density at radius 3 is 2.43 bits per heavy atom. The van der Waals surface area contributed by atoms with Crippen LogP contribution in [0.1, 0.15) is 36.6 Å². The fraction of sp³-hybridized carbons (Fsp3) is 0.235. The zero-order chi connectivity index (χ0) is 31.6. The number of hydrogen-bond donors (Lipinski definition) is 1. The van der Waals surface area contributed by atoms with Gasteiger partial charge in [0.15, 0.2) is 6.10 Å². The van der Waals surface area contributed by atoms with E-state index in [2.05, 4.69) is 0 Å². The maximum Gasteiger partial charge on any atom is 0.416 e. The van der Waals surface area contributed by atoms with E-state index in [0.717, 1.165) is 29.0 Å². The number of fused-ring (bicyclic) bond motifs is 5. The Bertz CT molecular complexity index is 2060. The van der Waals surface area contributed by atoms with E-state index in [4.69, 9.17) is 14.2 Å². The van der Waals surface area contributed by atoms with Gasteiger partial charge in [-0.1, -0.05) is 36.4 Å². The highest BCUT2D eigenvalue weighted by molar-refractivity contribution is 6.04. The molecular weight excluding hydrogens is 575 g/mol. The van der Waals surface area contributed by atoms with Gasteiger partial charge >= 0.3 is 12.1 Å². The minimum atomic E-state index is -4.53. The summed E-state index contributed by atoms with van der Waals surface area (Å²) in [6.45, 7) is 3.27. The Morgan fingerprint density at radius 2 is 1.75 bits per heavy atom. The Balaban J connectivity index is 1.45. The lowest BCUT2D eigenvalue weighted by Crippen LogP contribution is -2.51. The number of carbonyl (C=O) groups is 1. The second-order valence-electron chi connectivity index (χ2n) is 11.3. The number of ether oxygens (including phenoxy) is 3. The molecule has 0 spiro atoms. The summed E-state index contributed by atoms with van der Waals surface area (Å²) in [5.41, 5.74) is -1.02. The van der Waals surface area contributed by atoms with Crippen LogP contribution in [0.3, 0.4) is 0 Å². The number of nitrogens with zero attached hydrogens (tertiary/aromatic N) is 1. The number of benzene rings is 4. The predicted molar refractivity (Wildman–Crippen MR) is 161 cm³/mol. The lowest BCUT2D eigenvalue weighted by atomic mass is 9.86. The first kappa shape index (κ1) is 29.3. The Morgan fingerprint density at radius 1 is 1.05 bits per heavy atom. The van der Waals surface area contributed by atoms with Crippen LogP contribution in [0, 0.1) is 0 Å². The minimum absolute atomic E-state index is 0.148. The van der Waals surface area contributed by atoms with Gasteiger partial charge < -0.3 is 23.9 Å². The van der Waals surface area contributed by atoms with Crippen molar-refractivity contribution in [3.05, 3.63) is 99.7 Å². The average Bonchev–Trinajstić information content (AvgIpc) is 2.98. The summed E-state index contributed by atoms with van der Waals surface area (Å²) < 4.78 is 58.7. The number of alkyl halides is 3. The molecule has 1 aromatic heterocycles. The van der Waals surface area contributed by atoms with Crippen molar-refractivity contribution in [2.45, 2.75) is 37.8 Å². The first-order valence-electron chi connectivity index (χ1n) is 13.8. The SMILES string of the molecule is COc1cc2c(c3c1c(=O)c1cc4ccccc4cc1n3C)[C@@H](O)[C@@H](OC(=O)/C=C/c1cccc(C(F)(F)F)c1)C(C)(C)O2. The first-order valence-corrected chi connectivity index (χ1v) is 13.8. The summed E-state index contributed by atoms with van der Waals surface area (Å²) in [6, 6.07) is 17.4. The number of hydrogen-bond acceptors (Lipinski definition) is 6. The van der Waals surface area contributed by atoms with Crippen LogP contribution < -0.4 is 14.9 Å². The number of rotatable bonds is 4. The van der Waals surface area contributed by atoms with E-state index in [-0.39, 0.29) is 33.4 Å². The van der Waals surface area contributed by atoms with E-state index >= 15 is 0 Å². The number of methoxy groups -OCH3 is 1. The molecule has 0 amide bonds. The zero-order valence-corrected chi connectivity index (χ0v) is 24.2. The van der Waals surface area contributed by atoms with Gasteiger partial charge in [-0.25, -0.2) is 4.79 Å². The van der Waals surface area contributed by atoms with E-state index in [1.54, 1.807) is 31.5 Å². The molecule has 7 nitrogen and oxygen atoms in total. The van der Waals surface area contributed by atoms with Gasteiger partial charge in [0.25, 0.3) is 0 Å². The molecule has 0 bridgehead atoms. The predicted octanol–water partition coefficient (Wildman–Crippen LogP) is 6.70. The number of carbonyl (C=O) groups excluding carboxylic acids is 1. The van der Waals surface area contributed by atoms with Crippen molar-refractivity contribution in [3.63, 3.8) is 0 Å². The van der Waals surface area contributed by atoms with Gasteiger partial charge in [0.05, 0.1) is 34.7 Å². The number of aromatic nitrogens is 1. The Labute approximate surface area is 249 Å². The first-order chi connectivity index (χ1) is 20.8. The Kier molecular flexibility index (Phi) is 6.92. The van der Waals surface area contributed by atoms with Crippen molar-refractivity contribution in [3.8, 4) is 11.5 Å². The summed E-state index contributed by atoms with van der Waals surface area (Å²) in [7, 11) is 3.21. The fourth-order valence-corrected chi connectivity index (χ4v) is 5.91. The summed E-state index contributed by atoms with van der Waals surface area (Å²) in [4.78, 5) is 26.9. The molecule has 2 heterocycles. The van der Waals surface area contributed by atoms with E-state index in [0.29, 0.717) is 16.4 Å². The number of aliphatic hydroxyl groups excluding tert-OH is 1. The summed E-state index contributed by atoms with van der Waals surface area (Å²) in [5.74, 6) is -0.374. The average molecular weight is 604 g/mol. The molecule has 4 aromatic carbocycles. The van der Waals surface area contributed by atoms with Gasteiger partial charge in [-0.2, -0.15) is 13.2 Å². The van der Waals surface area contributed by atoms with Gasteiger partial charge in [-0.05, 0) is 60.5 Å². The van der Waals surface area contributed by atoms with E-state index in [1.807, 2.05) is 36.4 Å². The fourth-order valence-electron chi connectivity index (χ4n) is 5.91. The van der Waals surface area contributed by atoms with Crippen LogP contribution in [0.2, 0.25) is 0 Å². The number of esters is 1. The van der Waals surface area contributed by atoms with E-state index < -0.39 is 35.5 Å². The molecule has 0 saturated carbocycles. The van der Waals surface area contributed by atoms with Crippen LogP contribution in [0.25, 0.3) is 38.7 Å². The summed E-state index contributed by atoms with van der Waals surface area (Å²) >= 11 is 0. The molecule has 10 heteroatoms. The molecule has 0 aliphatic carbocycles. The molecule has 0 saturated heterocycles. The monoisotopic (exact) mass is 603 g/mol. The minimum Gasteiger partial charge on any atom is -0.496 e. The lowest BCUT2D eigenvalue weighted by Gasteiger charge is -2.42. The molecule has 1 aliphatic heterocycles. The second kappa shape index (κ2) is 10.4. The maximum absolute atomic E-state index is 14.0. The topological polar surface area (TPSA) is 87.0 Å². The van der Waals surface area contributed by atoms with Crippen LogP contribution in [-0.4, -0.2) is 34.5 Å². The van der Waals surface area contributed by atoms with Crippen molar-refractivity contribution in [2.75, 3.05) is 7.11 Å². The quantitative estimate of drug-likeness (QED) is 0.140. The number of aliphatic hydroxyl groups is 1. The highest BCUT2D eigenvalue weighted by atomic mass is 19.4. The van der Waals surface area contributed by atoms with Crippen molar-refractivity contribution in [2.24, 2.45) is 7.05 Å². The molecule has 5 aromatic rings. The van der Waals surface area contributed by atoms with Crippen molar-refractivity contribution in [1.29, 1.82) is 0 Å². The van der Waals surface area contributed by atoms with Gasteiger partial charge in [-0.15, -0.1) is 0 Å². The van der Waals surface area contributed by atoms with Crippen LogP contribution in [0.5, 0.6) is 11.5 Å². The summed E-state index contributed by atoms with van der Waals surface area (Å²) in [6.07, 6.45) is -5.01. The third kappa shape index (κ3) is 4.85. The molecule has 44 heavy (non-hydrogen) atoms. The molecule has 0 radical (unpaired) electrons. The van der Waals surface area contributed by atoms with Crippen molar-refractivity contribution < 1.29 is 37.3 Å². The molecular formula is C34H28F3NO6. The molecule has 1 N–H and O–H groups in total. The van der Waals surface area contributed by atoms with Gasteiger partial charge in [0, 0.05) is 24.6 Å². The second-order valence-corrected chi connectivity index (χ2v) is 11.3.